The minimum atomic E-state index is -3.59. The van der Waals surface area contributed by atoms with Crippen LogP contribution in [0.4, 0.5) is 5.69 Å². The van der Waals surface area contributed by atoms with Crippen LogP contribution in [-0.2, 0) is 10.0 Å². The Morgan fingerprint density at radius 2 is 1.73 bits per heavy atom. The van der Waals surface area contributed by atoms with Crippen LogP contribution in [0.3, 0.4) is 0 Å². The van der Waals surface area contributed by atoms with E-state index in [2.05, 4.69) is 10.2 Å². The van der Waals surface area contributed by atoms with Crippen LogP contribution in [0, 0.1) is 0 Å². The van der Waals surface area contributed by atoms with Gasteiger partial charge in [0, 0.05) is 37.8 Å². The Kier molecular flexibility index (Phi) is 5.87. The first-order chi connectivity index (χ1) is 12.4. The molecule has 0 aromatic heterocycles. The normalized spacial score (nSPS) is 19.7. The molecule has 144 valence electrons. The van der Waals surface area contributed by atoms with Gasteiger partial charge >= 0.3 is 0 Å². The zero-order valence-electron chi connectivity index (χ0n) is 15.7. The van der Waals surface area contributed by atoms with Crippen LogP contribution >= 0.6 is 0 Å². The molecule has 0 radical (unpaired) electrons. The van der Waals surface area contributed by atoms with Gasteiger partial charge in [-0.25, -0.2) is 8.42 Å². The number of hydrogen-bond acceptors (Lipinski definition) is 4. The lowest BCUT2D eigenvalue weighted by Gasteiger charge is -2.25. The van der Waals surface area contributed by atoms with Crippen molar-refractivity contribution in [1.82, 2.24) is 9.62 Å². The molecule has 2 saturated heterocycles. The van der Waals surface area contributed by atoms with E-state index in [0.29, 0.717) is 18.7 Å². The first kappa shape index (κ1) is 19.2. The number of sulfonamides is 1. The fourth-order valence-electron chi connectivity index (χ4n) is 3.56. The quantitative estimate of drug-likeness (QED) is 0.825. The van der Waals surface area contributed by atoms with Crippen molar-refractivity contribution in [2.75, 3.05) is 31.1 Å². The molecule has 1 aromatic rings. The highest BCUT2D eigenvalue weighted by atomic mass is 32.2. The highest BCUT2D eigenvalue weighted by Crippen LogP contribution is 2.32. The van der Waals surface area contributed by atoms with Gasteiger partial charge in [-0.3, -0.25) is 4.79 Å². The molecule has 2 heterocycles. The number of amides is 1. The maximum Gasteiger partial charge on any atom is 0.251 e. The van der Waals surface area contributed by atoms with E-state index in [1.54, 1.807) is 22.5 Å². The first-order valence-electron chi connectivity index (χ1n) is 9.63. The predicted molar refractivity (Wildman–Crippen MR) is 103 cm³/mol. The Labute approximate surface area is 156 Å². The molecular formula is C19H29N3O3S. The van der Waals surface area contributed by atoms with Gasteiger partial charge in [0.05, 0.1) is 5.69 Å². The topological polar surface area (TPSA) is 69.7 Å². The molecule has 2 aliphatic heterocycles. The molecule has 1 N–H and O–H groups in total. The molecule has 1 aromatic carbocycles. The molecule has 1 amide bonds. The highest BCUT2D eigenvalue weighted by molar-refractivity contribution is 7.89. The summed E-state index contributed by atoms with van der Waals surface area (Å²) in [6.45, 7) is 6.79. The third kappa shape index (κ3) is 3.88. The highest BCUT2D eigenvalue weighted by Gasteiger charge is 2.32. The zero-order chi connectivity index (χ0) is 18.7. The average molecular weight is 380 g/mol. The summed E-state index contributed by atoms with van der Waals surface area (Å²) in [7, 11) is -3.59. The first-order valence-corrected chi connectivity index (χ1v) is 11.1. The summed E-state index contributed by atoms with van der Waals surface area (Å²) in [5, 5.41) is 2.92. The number of benzene rings is 1. The molecule has 0 aliphatic carbocycles. The molecule has 0 spiro atoms. The van der Waals surface area contributed by atoms with Crippen LogP contribution in [0.25, 0.3) is 0 Å². The number of carbonyl (C=O) groups excluding carboxylic acids is 1. The van der Waals surface area contributed by atoms with Crippen LogP contribution in [0.15, 0.2) is 23.1 Å². The van der Waals surface area contributed by atoms with E-state index in [4.69, 9.17) is 0 Å². The van der Waals surface area contributed by atoms with E-state index in [1.807, 2.05) is 13.8 Å². The lowest BCUT2D eigenvalue weighted by atomic mass is 10.1. The van der Waals surface area contributed by atoms with E-state index in [0.717, 1.165) is 50.9 Å². The molecule has 3 rings (SSSR count). The van der Waals surface area contributed by atoms with Gasteiger partial charge in [-0.2, -0.15) is 4.31 Å². The number of carbonyl (C=O) groups is 1. The number of anilines is 1. The Balaban J connectivity index is 1.99. The second-order valence-corrected chi connectivity index (χ2v) is 9.18. The maximum absolute atomic E-state index is 13.2. The molecule has 1 unspecified atom stereocenters. The van der Waals surface area contributed by atoms with E-state index < -0.39 is 10.0 Å². The van der Waals surface area contributed by atoms with Gasteiger partial charge < -0.3 is 10.2 Å². The van der Waals surface area contributed by atoms with E-state index in [-0.39, 0.29) is 16.8 Å². The van der Waals surface area contributed by atoms with Crippen molar-refractivity contribution in [3.63, 3.8) is 0 Å². The van der Waals surface area contributed by atoms with Crippen LogP contribution in [-0.4, -0.2) is 50.9 Å². The fourth-order valence-corrected chi connectivity index (χ4v) is 5.31. The molecule has 1 atom stereocenters. The van der Waals surface area contributed by atoms with E-state index in [1.165, 1.54) is 0 Å². The number of rotatable bonds is 6. The molecule has 2 aliphatic rings. The Bertz CT molecular complexity index is 751. The zero-order valence-corrected chi connectivity index (χ0v) is 16.5. The summed E-state index contributed by atoms with van der Waals surface area (Å²) in [5.74, 6) is -0.217. The summed E-state index contributed by atoms with van der Waals surface area (Å²) < 4.78 is 28.0. The largest absolute Gasteiger partial charge is 0.370 e. The van der Waals surface area contributed by atoms with Crippen molar-refractivity contribution in [3.8, 4) is 0 Å². The molecule has 0 bridgehead atoms. The lowest BCUT2D eigenvalue weighted by Crippen LogP contribution is -2.33. The van der Waals surface area contributed by atoms with Crippen molar-refractivity contribution in [3.05, 3.63) is 23.8 Å². The Morgan fingerprint density at radius 1 is 1.12 bits per heavy atom. The lowest BCUT2D eigenvalue weighted by molar-refractivity contribution is 0.0939. The van der Waals surface area contributed by atoms with Gasteiger partial charge in [0.2, 0.25) is 10.0 Å². The van der Waals surface area contributed by atoms with Gasteiger partial charge in [0.1, 0.15) is 4.90 Å². The number of nitrogens with one attached hydrogen (secondary N) is 1. The van der Waals surface area contributed by atoms with Crippen molar-refractivity contribution >= 4 is 21.6 Å². The summed E-state index contributed by atoms with van der Waals surface area (Å²) in [6.07, 6.45) is 4.76. The maximum atomic E-state index is 13.2. The van der Waals surface area contributed by atoms with E-state index >= 15 is 0 Å². The summed E-state index contributed by atoms with van der Waals surface area (Å²) in [5.41, 5.74) is 1.14. The van der Waals surface area contributed by atoms with Gasteiger partial charge in [-0.1, -0.05) is 6.92 Å². The summed E-state index contributed by atoms with van der Waals surface area (Å²) >= 11 is 0. The van der Waals surface area contributed by atoms with Crippen molar-refractivity contribution in [2.45, 2.75) is 56.9 Å². The minimum Gasteiger partial charge on any atom is -0.370 e. The van der Waals surface area contributed by atoms with E-state index in [9.17, 15) is 13.2 Å². The third-order valence-electron chi connectivity index (χ3n) is 5.34. The Hall–Kier alpha value is -1.60. The fraction of sp³-hybridized carbons (Fsp3) is 0.632. The summed E-state index contributed by atoms with van der Waals surface area (Å²) in [4.78, 5) is 14.9. The average Bonchev–Trinajstić information content (AvgIpc) is 3.34. The van der Waals surface area contributed by atoms with Gasteiger partial charge in [0.15, 0.2) is 0 Å². The van der Waals surface area contributed by atoms with Crippen molar-refractivity contribution < 1.29 is 13.2 Å². The molecule has 0 saturated carbocycles. The second-order valence-electron chi connectivity index (χ2n) is 7.27. The third-order valence-corrected chi connectivity index (χ3v) is 7.27. The summed E-state index contributed by atoms with van der Waals surface area (Å²) in [6, 6.07) is 5.17. The number of hydrogen-bond donors (Lipinski definition) is 1. The van der Waals surface area contributed by atoms with Gasteiger partial charge in [-0.05, 0) is 57.2 Å². The number of nitrogens with zero attached hydrogens (tertiary/aromatic N) is 2. The van der Waals surface area contributed by atoms with Crippen LogP contribution in [0.2, 0.25) is 0 Å². The predicted octanol–water partition coefficient (Wildman–Crippen LogP) is 2.60. The van der Waals surface area contributed by atoms with Gasteiger partial charge in [0.25, 0.3) is 5.91 Å². The molecular weight excluding hydrogens is 350 g/mol. The molecule has 26 heavy (non-hydrogen) atoms. The van der Waals surface area contributed by atoms with Crippen LogP contribution < -0.4 is 10.2 Å². The monoisotopic (exact) mass is 379 g/mol. The Morgan fingerprint density at radius 3 is 2.35 bits per heavy atom. The standard InChI is InChI=1S/C19H29N3O3S/c1-3-15(2)20-19(23)16-8-9-17(21-10-4-5-11-21)18(14-16)26(24,25)22-12-6-7-13-22/h8-9,14-15H,3-7,10-13H2,1-2H3,(H,20,23). The SMILES string of the molecule is CCC(C)NC(=O)c1ccc(N2CCCC2)c(S(=O)(=O)N2CCCC2)c1. The van der Waals surface area contributed by atoms with Crippen molar-refractivity contribution in [2.24, 2.45) is 0 Å². The van der Waals surface area contributed by atoms with Crippen molar-refractivity contribution in [1.29, 1.82) is 0 Å². The molecule has 2 fully saturated rings. The molecule has 7 heteroatoms. The van der Waals surface area contributed by atoms with Crippen LogP contribution in [0.5, 0.6) is 0 Å². The minimum absolute atomic E-state index is 0.0550. The smallest absolute Gasteiger partial charge is 0.251 e. The second kappa shape index (κ2) is 7.96. The van der Waals surface area contributed by atoms with Crippen LogP contribution in [0.1, 0.15) is 56.3 Å². The molecule has 6 nitrogen and oxygen atoms in total. The van der Waals surface area contributed by atoms with Gasteiger partial charge in [-0.15, -0.1) is 0 Å².